The Hall–Kier alpha value is -2.09. The number of fused-ring (bicyclic) bond motifs is 1. The van der Waals surface area contributed by atoms with Gasteiger partial charge in [-0.2, -0.15) is 0 Å². The summed E-state index contributed by atoms with van der Waals surface area (Å²) in [6.07, 6.45) is 5.31. The number of rotatable bonds is 11. The van der Waals surface area contributed by atoms with Crippen LogP contribution in [0.1, 0.15) is 19.3 Å². The highest BCUT2D eigenvalue weighted by atomic mass is 35.5. The minimum Gasteiger partial charge on any atom is -0.493 e. The van der Waals surface area contributed by atoms with Crippen LogP contribution in [0.15, 0.2) is 39.8 Å². The summed E-state index contributed by atoms with van der Waals surface area (Å²) in [4.78, 5) is 24.9. The van der Waals surface area contributed by atoms with Crippen molar-refractivity contribution < 1.29 is 23.3 Å². The van der Waals surface area contributed by atoms with Crippen molar-refractivity contribution in [3.8, 4) is 11.5 Å². The lowest BCUT2D eigenvalue weighted by Gasteiger charge is -2.15. The van der Waals surface area contributed by atoms with Crippen LogP contribution in [-0.4, -0.2) is 30.2 Å². The van der Waals surface area contributed by atoms with Gasteiger partial charge in [0, 0.05) is 23.8 Å². The van der Waals surface area contributed by atoms with E-state index in [9.17, 15) is 4.79 Å². The molecule has 1 atom stereocenters. The zero-order valence-corrected chi connectivity index (χ0v) is 19.1. The van der Waals surface area contributed by atoms with Gasteiger partial charge in [-0.05, 0) is 31.4 Å². The fourth-order valence-electron chi connectivity index (χ4n) is 2.92. The quantitative estimate of drug-likeness (QED) is 0.213. The predicted octanol–water partition coefficient (Wildman–Crippen LogP) is 5.31. The van der Waals surface area contributed by atoms with Crippen LogP contribution in [0.25, 0.3) is 11.0 Å². The van der Waals surface area contributed by atoms with Gasteiger partial charge in [0.25, 0.3) is 0 Å². The maximum absolute atomic E-state index is 12.3. The lowest BCUT2D eigenvalue weighted by Crippen LogP contribution is -2.05. The fraction of sp³-hybridized carbons (Fsp3) is 0.300. The van der Waals surface area contributed by atoms with Gasteiger partial charge in [0.2, 0.25) is 5.75 Å². The molecule has 0 aliphatic rings. The molecule has 3 rings (SSSR count). The summed E-state index contributed by atoms with van der Waals surface area (Å²) < 4.78 is 21.7. The van der Waals surface area contributed by atoms with E-state index in [4.69, 9.17) is 46.5 Å². The minimum absolute atomic E-state index is 0.250. The van der Waals surface area contributed by atoms with E-state index in [1.165, 1.54) is 25.6 Å². The average Bonchev–Trinajstić information content (AvgIpc) is 2.75. The maximum atomic E-state index is 12.3. The monoisotopic (exact) mass is 486 g/mol. The smallest absolute Gasteiger partial charge is 0.338 e. The molecule has 2 N–H and O–H groups in total. The number of unbranched alkanes of at least 4 members (excludes halogenated alkanes) is 2. The number of anilines is 2. The Morgan fingerprint density at radius 3 is 2.61 bits per heavy atom. The highest BCUT2D eigenvalue weighted by molar-refractivity contribution is 7.24. The van der Waals surface area contributed by atoms with Crippen LogP contribution >= 0.6 is 32.2 Å². The van der Waals surface area contributed by atoms with Crippen molar-refractivity contribution in [1.82, 2.24) is 4.98 Å². The normalized spacial score (nSPS) is 11.4. The largest absolute Gasteiger partial charge is 0.493 e. The summed E-state index contributed by atoms with van der Waals surface area (Å²) in [7, 11) is 1.02. The van der Waals surface area contributed by atoms with Crippen LogP contribution in [0.2, 0.25) is 10.0 Å². The SMILES string of the molecule is COc1ccc2c(Nc3c(Cl)cncc3Cl)cc(=O)oc2c1OCCCCCOPO. The van der Waals surface area contributed by atoms with Crippen molar-refractivity contribution in [3.63, 3.8) is 0 Å². The summed E-state index contributed by atoms with van der Waals surface area (Å²) in [5.41, 5.74) is 0.557. The number of benzene rings is 1. The Labute approximate surface area is 190 Å². The van der Waals surface area contributed by atoms with Gasteiger partial charge in [0.15, 0.2) is 20.4 Å². The average molecular weight is 487 g/mol. The van der Waals surface area contributed by atoms with E-state index in [1.807, 2.05) is 0 Å². The Kier molecular flexibility index (Phi) is 8.75. The van der Waals surface area contributed by atoms with Gasteiger partial charge in [0.05, 0.1) is 41.7 Å². The number of hydrogen-bond donors (Lipinski definition) is 2. The number of nitrogens with zero attached hydrogens (tertiary/aromatic N) is 1. The molecule has 1 aromatic carbocycles. The summed E-state index contributed by atoms with van der Waals surface area (Å²) >= 11 is 12.4. The summed E-state index contributed by atoms with van der Waals surface area (Å²) in [5, 5.41) is 4.30. The molecule has 11 heteroatoms. The lowest BCUT2D eigenvalue weighted by molar-refractivity contribution is 0.272. The molecular formula is C20H21Cl2N2O6P. The van der Waals surface area contributed by atoms with E-state index >= 15 is 0 Å². The van der Waals surface area contributed by atoms with Crippen LogP contribution in [0, 0.1) is 0 Å². The Bertz CT molecular complexity index is 1070. The molecule has 2 heterocycles. The number of halogens is 2. The molecule has 0 saturated carbocycles. The molecular weight excluding hydrogens is 466 g/mol. The van der Waals surface area contributed by atoms with E-state index in [0.717, 1.165) is 19.3 Å². The second-order valence-electron chi connectivity index (χ2n) is 6.40. The molecule has 0 saturated heterocycles. The predicted molar refractivity (Wildman–Crippen MR) is 122 cm³/mol. The first kappa shape index (κ1) is 23.6. The molecule has 0 aliphatic heterocycles. The third-order valence-corrected chi connectivity index (χ3v) is 5.27. The fourth-order valence-corrected chi connectivity index (χ4v) is 3.62. The highest BCUT2D eigenvalue weighted by Crippen LogP contribution is 2.40. The number of pyridine rings is 1. The highest BCUT2D eigenvalue weighted by Gasteiger charge is 2.17. The van der Waals surface area contributed by atoms with Gasteiger partial charge in [-0.25, -0.2) is 4.79 Å². The van der Waals surface area contributed by atoms with Gasteiger partial charge >= 0.3 is 5.63 Å². The van der Waals surface area contributed by atoms with Crippen LogP contribution < -0.4 is 20.4 Å². The minimum atomic E-state index is -0.573. The zero-order valence-electron chi connectivity index (χ0n) is 16.6. The zero-order chi connectivity index (χ0) is 22.2. The summed E-state index contributed by atoms with van der Waals surface area (Å²) in [5.74, 6) is 0.776. The van der Waals surface area contributed by atoms with Crippen molar-refractivity contribution >= 4 is 54.6 Å². The molecule has 166 valence electrons. The maximum Gasteiger partial charge on any atom is 0.338 e. The molecule has 31 heavy (non-hydrogen) atoms. The van der Waals surface area contributed by atoms with Gasteiger partial charge < -0.3 is 28.6 Å². The molecule has 1 unspecified atom stereocenters. The second kappa shape index (κ2) is 11.5. The van der Waals surface area contributed by atoms with E-state index in [2.05, 4.69) is 10.3 Å². The second-order valence-corrected chi connectivity index (χ2v) is 7.69. The first-order chi connectivity index (χ1) is 15.0. The first-order valence-corrected chi connectivity index (χ1v) is 11.0. The summed E-state index contributed by atoms with van der Waals surface area (Å²) in [6, 6.07) is 4.80. The molecule has 3 aromatic rings. The standard InChI is InChI=1S/C20H21Cl2N2O6P/c1-27-16-6-5-12-15(24-18-13(21)10-23-11-14(18)22)9-17(25)30-19(12)20(16)28-7-3-2-4-8-29-31-26/h5-6,9-11,26,31H,2-4,7-8H2,1H3,(H,23,24). The molecule has 0 fully saturated rings. The van der Waals surface area contributed by atoms with E-state index in [0.29, 0.717) is 51.5 Å². The topological polar surface area (TPSA) is 103 Å². The van der Waals surface area contributed by atoms with Crippen LogP contribution in [0.5, 0.6) is 11.5 Å². The third-order valence-electron chi connectivity index (χ3n) is 4.37. The van der Waals surface area contributed by atoms with Gasteiger partial charge in [-0.15, -0.1) is 0 Å². The molecule has 8 nitrogen and oxygen atoms in total. The first-order valence-electron chi connectivity index (χ1n) is 9.39. The van der Waals surface area contributed by atoms with Crippen molar-refractivity contribution in [3.05, 3.63) is 51.1 Å². The van der Waals surface area contributed by atoms with Crippen molar-refractivity contribution in [2.75, 3.05) is 25.6 Å². The van der Waals surface area contributed by atoms with Crippen LogP contribution in [0.4, 0.5) is 11.4 Å². The number of aromatic nitrogens is 1. The van der Waals surface area contributed by atoms with Gasteiger partial charge in [0.1, 0.15) is 0 Å². The summed E-state index contributed by atoms with van der Waals surface area (Å²) in [6.45, 7) is 0.886. The lowest BCUT2D eigenvalue weighted by atomic mass is 10.1. The van der Waals surface area contributed by atoms with Gasteiger partial charge in [-0.1, -0.05) is 23.2 Å². The van der Waals surface area contributed by atoms with E-state index < -0.39 is 14.7 Å². The molecule has 0 bridgehead atoms. The molecule has 0 aliphatic carbocycles. The Balaban J connectivity index is 1.89. The third kappa shape index (κ3) is 5.99. The van der Waals surface area contributed by atoms with E-state index in [-0.39, 0.29) is 5.58 Å². The number of nitrogens with one attached hydrogen (secondary N) is 1. The van der Waals surface area contributed by atoms with Crippen molar-refractivity contribution in [2.45, 2.75) is 19.3 Å². The number of hydrogen-bond acceptors (Lipinski definition) is 8. The Morgan fingerprint density at radius 2 is 1.90 bits per heavy atom. The van der Waals surface area contributed by atoms with Crippen molar-refractivity contribution in [2.24, 2.45) is 0 Å². The van der Waals surface area contributed by atoms with Crippen molar-refractivity contribution in [1.29, 1.82) is 0 Å². The number of methoxy groups -OCH3 is 1. The number of ether oxygens (including phenoxy) is 2. The Morgan fingerprint density at radius 1 is 1.16 bits per heavy atom. The molecule has 0 amide bonds. The van der Waals surface area contributed by atoms with Crippen LogP contribution in [0.3, 0.4) is 0 Å². The van der Waals surface area contributed by atoms with E-state index in [1.54, 1.807) is 12.1 Å². The van der Waals surface area contributed by atoms with Crippen LogP contribution in [-0.2, 0) is 4.52 Å². The van der Waals surface area contributed by atoms with Gasteiger partial charge in [-0.3, -0.25) is 4.98 Å². The molecule has 2 aromatic heterocycles. The molecule has 0 radical (unpaired) electrons. The molecule has 0 spiro atoms.